The standard InChI is InChI=1S/C25H27FN2O5S/c1-4-33-21-13-11-20(12-14-21)28(34(30,31)22-15-9-19(26)10-16-22)17-25(29)27-18(2)23-7-5-6-8-24(23)32-3/h5-16,18H,4,17H2,1-3H3,(H,27,29)/t18-/m1/s1. The summed E-state index contributed by atoms with van der Waals surface area (Å²) in [6.45, 7) is 3.60. The van der Waals surface area contributed by atoms with Crippen LogP contribution in [0.15, 0.2) is 77.7 Å². The van der Waals surface area contributed by atoms with Crippen LogP contribution in [0.3, 0.4) is 0 Å². The van der Waals surface area contributed by atoms with Gasteiger partial charge in [0.2, 0.25) is 5.91 Å². The van der Waals surface area contributed by atoms with Gasteiger partial charge in [0.25, 0.3) is 10.0 Å². The van der Waals surface area contributed by atoms with Crippen molar-refractivity contribution in [1.29, 1.82) is 0 Å². The van der Waals surface area contributed by atoms with Gasteiger partial charge in [0, 0.05) is 5.56 Å². The molecule has 0 spiro atoms. The van der Waals surface area contributed by atoms with Crippen LogP contribution in [0.2, 0.25) is 0 Å². The van der Waals surface area contributed by atoms with Crippen LogP contribution in [0.4, 0.5) is 10.1 Å². The molecule has 1 atom stereocenters. The predicted molar refractivity (Wildman–Crippen MR) is 128 cm³/mol. The van der Waals surface area contributed by atoms with Crippen molar-refractivity contribution in [1.82, 2.24) is 5.32 Å². The Labute approximate surface area is 199 Å². The molecule has 0 heterocycles. The molecule has 34 heavy (non-hydrogen) atoms. The van der Waals surface area contributed by atoms with Gasteiger partial charge in [-0.25, -0.2) is 12.8 Å². The largest absolute Gasteiger partial charge is 0.496 e. The van der Waals surface area contributed by atoms with Gasteiger partial charge in [-0.3, -0.25) is 9.10 Å². The molecule has 3 rings (SSSR count). The summed E-state index contributed by atoms with van der Waals surface area (Å²) < 4.78 is 52.0. The van der Waals surface area contributed by atoms with E-state index in [1.165, 1.54) is 19.2 Å². The number of nitrogens with one attached hydrogen (secondary N) is 1. The molecule has 0 aliphatic rings. The lowest BCUT2D eigenvalue weighted by Gasteiger charge is -2.25. The third-order valence-electron chi connectivity index (χ3n) is 5.11. The van der Waals surface area contributed by atoms with Gasteiger partial charge in [-0.15, -0.1) is 0 Å². The van der Waals surface area contributed by atoms with Crippen LogP contribution >= 0.6 is 0 Å². The number of methoxy groups -OCH3 is 1. The van der Waals surface area contributed by atoms with Gasteiger partial charge in [-0.05, 0) is 68.4 Å². The summed E-state index contributed by atoms with van der Waals surface area (Å²) in [6, 6.07) is 17.6. The first-order valence-electron chi connectivity index (χ1n) is 10.7. The first-order chi connectivity index (χ1) is 16.3. The fourth-order valence-corrected chi connectivity index (χ4v) is 4.86. The second kappa shape index (κ2) is 11.0. The Morgan fingerprint density at radius 3 is 2.29 bits per heavy atom. The fraction of sp³-hybridized carbons (Fsp3) is 0.240. The van der Waals surface area contributed by atoms with Gasteiger partial charge < -0.3 is 14.8 Å². The smallest absolute Gasteiger partial charge is 0.264 e. The van der Waals surface area contributed by atoms with E-state index in [1.807, 2.05) is 25.1 Å². The number of hydrogen-bond donors (Lipinski definition) is 1. The second-order valence-electron chi connectivity index (χ2n) is 7.42. The lowest BCUT2D eigenvalue weighted by molar-refractivity contribution is -0.120. The number of carbonyl (C=O) groups is 1. The molecular formula is C25H27FN2O5S. The maximum atomic E-state index is 13.4. The Kier molecular flexibility index (Phi) is 8.12. The number of para-hydroxylation sites is 1. The minimum atomic E-state index is -4.16. The van der Waals surface area contributed by atoms with E-state index >= 15 is 0 Å². The SMILES string of the molecule is CCOc1ccc(N(CC(=O)N[C@H](C)c2ccccc2OC)S(=O)(=O)c2ccc(F)cc2)cc1. The van der Waals surface area contributed by atoms with E-state index in [-0.39, 0.29) is 10.6 Å². The maximum Gasteiger partial charge on any atom is 0.264 e. The second-order valence-corrected chi connectivity index (χ2v) is 9.29. The first kappa shape index (κ1) is 25.0. The first-order valence-corrected chi connectivity index (χ1v) is 12.1. The summed E-state index contributed by atoms with van der Waals surface area (Å²) in [7, 11) is -2.63. The topological polar surface area (TPSA) is 84.9 Å². The van der Waals surface area contributed by atoms with Crippen LogP contribution in [0, 0.1) is 5.82 Å². The van der Waals surface area contributed by atoms with Crippen molar-refractivity contribution < 1.29 is 27.1 Å². The van der Waals surface area contributed by atoms with Crippen LogP contribution in [-0.2, 0) is 14.8 Å². The zero-order valence-electron chi connectivity index (χ0n) is 19.2. The monoisotopic (exact) mass is 486 g/mol. The van der Waals surface area contributed by atoms with E-state index in [4.69, 9.17) is 9.47 Å². The van der Waals surface area contributed by atoms with E-state index in [2.05, 4.69) is 5.32 Å². The fourth-order valence-electron chi connectivity index (χ4n) is 3.44. The molecular weight excluding hydrogens is 459 g/mol. The number of rotatable bonds is 10. The van der Waals surface area contributed by atoms with E-state index in [0.29, 0.717) is 18.1 Å². The molecule has 7 nitrogen and oxygen atoms in total. The van der Waals surface area contributed by atoms with E-state index < -0.39 is 34.3 Å². The number of carbonyl (C=O) groups excluding carboxylic acids is 1. The summed E-state index contributed by atoms with van der Waals surface area (Å²) >= 11 is 0. The van der Waals surface area contributed by atoms with Crippen molar-refractivity contribution >= 4 is 21.6 Å². The summed E-state index contributed by atoms with van der Waals surface area (Å²) in [5, 5.41) is 2.83. The highest BCUT2D eigenvalue weighted by molar-refractivity contribution is 7.92. The zero-order valence-corrected chi connectivity index (χ0v) is 20.0. The Bertz CT molecular complexity index is 1210. The van der Waals surface area contributed by atoms with Crippen molar-refractivity contribution in [3.05, 3.63) is 84.2 Å². The Hall–Kier alpha value is -3.59. The number of anilines is 1. The number of hydrogen-bond acceptors (Lipinski definition) is 5. The van der Waals surface area contributed by atoms with Crippen molar-refractivity contribution in [2.45, 2.75) is 24.8 Å². The van der Waals surface area contributed by atoms with Gasteiger partial charge >= 0.3 is 0 Å². The third kappa shape index (κ3) is 5.85. The number of halogens is 1. The number of nitrogens with zero attached hydrogens (tertiary/aromatic N) is 1. The Balaban J connectivity index is 1.90. The molecule has 0 bridgehead atoms. The predicted octanol–water partition coefficient (Wildman–Crippen LogP) is 4.31. The van der Waals surface area contributed by atoms with E-state index in [1.54, 1.807) is 37.3 Å². The van der Waals surface area contributed by atoms with Crippen molar-refractivity contribution in [2.75, 3.05) is 24.6 Å². The highest BCUT2D eigenvalue weighted by Crippen LogP contribution is 2.27. The summed E-state index contributed by atoms with van der Waals surface area (Å²) in [5.41, 5.74) is 1.03. The summed E-state index contributed by atoms with van der Waals surface area (Å²) in [4.78, 5) is 12.8. The lowest BCUT2D eigenvalue weighted by atomic mass is 10.1. The number of sulfonamides is 1. The van der Waals surface area contributed by atoms with Crippen LogP contribution in [0.25, 0.3) is 0 Å². The molecule has 1 amide bonds. The highest BCUT2D eigenvalue weighted by Gasteiger charge is 2.28. The highest BCUT2D eigenvalue weighted by atomic mass is 32.2. The molecule has 0 unspecified atom stereocenters. The molecule has 0 aliphatic heterocycles. The molecule has 3 aromatic carbocycles. The van der Waals surface area contributed by atoms with Gasteiger partial charge in [-0.2, -0.15) is 0 Å². The van der Waals surface area contributed by atoms with Crippen LogP contribution in [-0.4, -0.2) is 34.6 Å². The molecule has 0 aromatic heterocycles. The lowest BCUT2D eigenvalue weighted by Crippen LogP contribution is -2.41. The summed E-state index contributed by atoms with van der Waals surface area (Å²) in [6.07, 6.45) is 0. The molecule has 3 aromatic rings. The number of ether oxygens (including phenoxy) is 2. The van der Waals surface area contributed by atoms with Gasteiger partial charge in [-0.1, -0.05) is 18.2 Å². The molecule has 0 saturated heterocycles. The molecule has 0 aliphatic carbocycles. The Morgan fingerprint density at radius 1 is 1.03 bits per heavy atom. The summed E-state index contributed by atoms with van der Waals surface area (Å²) in [5.74, 6) is 0.102. The van der Waals surface area contributed by atoms with Crippen molar-refractivity contribution in [3.8, 4) is 11.5 Å². The van der Waals surface area contributed by atoms with Crippen molar-refractivity contribution in [3.63, 3.8) is 0 Å². The van der Waals surface area contributed by atoms with Crippen LogP contribution in [0.5, 0.6) is 11.5 Å². The number of benzene rings is 3. The molecule has 9 heteroatoms. The van der Waals surface area contributed by atoms with E-state index in [0.717, 1.165) is 22.0 Å². The van der Waals surface area contributed by atoms with Gasteiger partial charge in [0.05, 0.1) is 30.3 Å². The van der Waals surface area contributed by atoms with Crippen LogP contribution < -0.4 is 19.1 Å². The number of amides is 1. The minimum absolute atomic E-state index is 0.131. The third-order valence-corrected chi connectivity index (χ3v) is 6.90. The average Bonchev–Trinajstić information content (AvgIpc) is 2.83. The minimum Gasteiger partial charge on any atom is -0.496 e. The van der Waals surface area contributed by atoms with Crippen LogP contribution in [0.1, 0.15) is 25.5 Å². The van der Waals surface area contributed by atoms with Gasteiger partial charge in [0.15, 0.2) is 0 Å². The molecule has 180 valence electrons. The van der Waals surface area contributed by atoms with Gasteiger partial charge in [0.1, 0.15) is 23.9 Å². The van der Waals surface area contributed by atoms with Crippen molar-refractivity contribution in [2.24, 2.45) is 0 Å². The van der Waals surface area contributed by atoms with E-state index in [9.17, 15) is 17.6 Å². The molecule has 0 fully saturated rings. The quantitative estimate of drug-likeness (QED) is 0.462. The average molecular weight is 487 g/mol. The Morgan fingerprint density at radius 2 is 1.68 bits per heavy atom. The molecule has 0 saturated carbocycles. The molecule has 0 radical (unpaired) electrons. The normalized spacial score (nSPS) is 12.0. The zero-order chi connectivity index (χ0) is 24.7. The maximum absolute atomic E-state index is 13.4. The molecule has 1 N–H and O–H groups in total.